The highest BCUT2D eigenvalue weighted by molar-refractivity contribution is 8.95. The van der Waals surface area contributed by atoms with Gasteiger partial charge in [-0.3, -0.25) is 19.2 Å². The van der Waals surface area contributed by atoms with Gasteiger partial charge < -0.3 is 11.5 Å². The van der Waals surface area contributed by atoms with Gasteiger partial charge in [-0.1, -0.05) is 43.2 Å². The molecule has 0 saturated carbocycles. The molecule has 10 heteroatoms. The van der Waals surface area contributed by atoms with E-state index in [1.807, 2.05) is 0 Å². The molecule has 2 amide bonds. The lowest BCUT2D eigenvalue weighted by Crippen LogP contribution is -2.41. The van der Waals surface area contributed by atoms with Crippen LogP contribution in [0.25, 0.3) is 0 Å². The Hall–Kier alpha value is -0.320. The molecule has 4 N–H and O–H groups in total. The fourth-order valence-electron chi connectivity index (χ4n) is 1.09. The van der Waals surface area contributed by atoms with E-state index in [2.05, 4.69) is 0 Å². The summed E-state index contributed by atoms with van der Waals surface area (Å²) in [4.78, 5) is 45.6. The zero-order chi connectivity index (χ0) is 12.8. The highest BCUT2D eigenvalue weighted by Crippen LogP contribution is 2.67. The molecule has 0 spiro atoms. The van der Waals surface area contributed by atoms with Crippen molar-refractivity contribution in [2.45, 2.75) is 14.6 Å². The fourth-order valence-corrected chi connectivity index (χ4v) is 4.84. The summed E-state index contributed by atoms with van der Waals surface area (Å²) >= 11 is 0. The molecule has 0 atom stereocenters. The molecule has 0 aromatic rings. The van der Waals surface area contributed by atoms with E-state index in [0.717, 1.165) is 43.2 Å². The number of carbonyl (C=O) groups is 4. The first-order valence-corrected chi connectivity index (χ1v) is 8.55. The number of nitrogens with two attached hydrogens (primary N) is 2. The minimum Gasteiger partial charge on any atom is -0.367 e. The van der Waals surface area contributed by atoms with Gasteiger partial charge in [-0.2, -0.15) is 0 Å². The lowest BCUT2D eigenvalue weighted by atomic mass is 10.1. The van der Waals surface area contributed by atoms with Crippen LogP contribution < -0.4 is 11.5 Å². The second kappa shape index (κ2) is 4.11. The average molecular weight is 310 g/mol. The number of hydrogen-bond donors (Lipinski definition) is 2. The van der Waals surface area contributed by atoms with Crippen molar-refractivity contribution < 1.29 is 19.2 Å². The molecule has 6 nitrogen and oxygen atoms in total. The molecule has 0 radical (unpaired) electrons. The van der Waals surface area contributed by atoms with Gasteiger partial charge in [-0.25, -0.2) is 0 Å². The van der Waals surface area contributed by atoms with Crippen molar-refractivity contribution in [1.29, 1.82) is 0 Å². The first-order valence-electron chi connectivity index (χ1n) is 4.25. The average Bonchev–Trinajstić information content (AvgIpc) is 3.12. The van der Waals surface area contributed by atoms with Gasteiger partial charge in [0, 0.05) is 0 Å². The van der Waals surface area contributed by atoms with Gasteiger partial charge in [-0.15, -0.1) is 0 Å². The number of carbonyl (C=O) groups excluding carboxylic acids is 4. The molecule has 2 fully saturated rings. The Morgan fingerprint density at radius 2 is 1.06 bits per heavy atom. The van der Waals surface area contributed by atoms with Crippen LogP contribution in [-0.4, -0.2) is 31.5 Å². The second-order valence-electron chi connectivity index (χ2n) is 3.32. The Morgan fingerprint density at radius 1 is 0.765 bits per heavy atom. The maximum Gasteiger partial charge on any atom is 0.253 e. The van der Waals surface area contributed by atoms with Crippen LogP contribution >= 0.6 is 43.2 Å². The van der Waals surface area contributed by atoms with Crippen LogP contribution in [0, 0.1) is 0 Å². The first kappa shape index (κ1) is 13.1. The Bertz CT molecular complexity index is 403. The summed E-state index contributed by atoms with van der Waals surface area (Å²) in [6.07, 6.45) is -0.494. The third-order valence-electron chi connectivity index (χ3n) is 2.20. The number of Topliss-reactive ketones (excluding diaryl/α,β-unsaturated/α-hetero) is 2. The molecule has 0 aromatic heterocycles. The second-order valence-corrected chi connectivity index (χ2v) is 8.95. The molecule has 0 aromatic carbocycles. The van der Waals surface area contributed by atoms with Crippen LogP contribution in [0.15, 0.2) is 0 Å². The summed E-state index contributed by atoms with van der Waals surface area (Å²) in [5.74, 6) is -2.68. The predicted molar refractivity (Wildman–Crippen MR) is 68.8 cm³/mol. The quantitative estimate of drug-likeness (QED) is 0.388. The van der Waals surface area contributed by atoms with Crippen molar-refractivity contribution in [2.75, 3.05) is 0 Å². The van der Waals surface area contributed by atoms with Gasteiger partial charge >= 0.3 is 0 Å². The smallest absolute Gasteiger partial charge is 0.253 e. The molecule has 2 saturated heterocycles. The minimum absolute atomic E-state index is 0.494. The van der Waals surface area contributed by atoms with E-state index < -0.39 is 38.0 Å². The SMILES string of the molecule is NC(=O)C1(C(=O)CC(=O)C2(C(N)=O)SS2)SS1. The predicted octanol–water partition coefficient (Wildman–Crippen LogP) is -0.332. The summed E-state index contributed by atoms with van der Waals surface area (Å²) in [5, 5.41) is 0. The summed E-state index contributed by atoms with van der Waals surface area (Å²) in [5.41, 5.74) is 10.2. The van der Waals surface area contributed by atoms with E-state index in [4.69, 9.17) is 11.5 Å². The maximum absolute atomic E-state index is 11.7. The van der Waals surface area contributed by atoms with E-state index in [1.54, 1.807) is 0 Å². The van der Waals surface area contributed by atoms with E-state index in [9.17, 15) is 19.2 Å². The number of rotatable bonds is 6. The molecule has 17 heavy (non-hydrogen) atoms. The standard InChI is InChI=1S/C7H6N2O4S4/c8-4(12)6(14-15-6)2(10)1-3(11)7(5(9)13)16-17-7/h1H2,(H2,8,12)(H2,9,13). The normalized spacial score (nSPS) is 22.6. The highest BCUT2D eigenvalue weighted by Gasteiger charge is 2.63. The third kappa shape index (κ3) is 2.07. The first-order chi connectivity index (χ1) is 7.85. The molecular weight excluding hydrogens is 304 g/mol. The highest BCUT2D eigenvalue weighted by atomic mass is 33.2. The zero-order valence-corrected chi connectivity index (χ0v) is 11.4. The van der Waals surface area contributed by atoms with Gasteiger partial charge in [0.05, 0.1) is 6.42 Å². The van der Waals surface area contributed by atoms with Crippen LogP contribution in [-0.2, 0) is 19.2 Å². The number of amides is 2. The summed E-state index contributed by atoms with van der Waals surface area (Å²) in [6.45, 7) is 0. The van der Waals surface area contributed by atoms with Crippen molar-refractivity contribution in [2.24, 2.45) is 11.5 Å². The molecule has 0 unspecified atom stereocenters. The number of primary amides is 2. The molecule has 0 aliphatic carbocycles. The van der Waals surface area contributed by atoms with Crippen LogP contribution in [0.3, 0.4) is 0 Å². The van der Waals surface area contributed by atoms with E-state index in [0.29, 0.717) is 0 Å². The fraction of sp³-hybridized carbons (Fsp3) is 0.429. The van der Waals surface area contributed by atoms with Gasteiger partial charge in [0.15, 0.2) is 11.6 Å². The van der Waals surface area contributed by atoms with Crippen molar-refractivity contribution in [3.63, 3.8) is 0 Å². The summed E-state index contributed by atoms with van der Waals surface area (Å²) in [6, 6.07) is 0. The molecule has 2 heterocycles. The summed E-state index contributed by atoms with van der Waals surface area (Å²) < 4.78 is -2.67. The molecule has 2 aliphatic heterocycles. The zero-order valence-electron chi connectivity index (χ0n) is 8.13. The largest absolute Gasteiger partial charge is 0.367 e. The van der Waals surface area contributed by atoms with Gasteiger partial charge in [0.2, 0.25) is 8.16 Å². The topological polar surface area (TPSA) is 120 Å². The van der Waals surface area contributed by atoms with Gasteiger partial charge in [-0.05, 0) is 0 Å². The van der Waals surface area contributed by atoms with Crippen molar-refractivity contribution in [1.82, 2.24) is 0 Å². The van der Waals surface area contributed by atoms with Crippen LogP contribution in [0.2, 0.25) is 0 Å². The third-order valence-corrected chi connectivity index (χ3v) is 7.92. The lowest BCUT2D eigenvalue weighted by molar-refractivity contribution is -0.130. The van der Waals surface area contributed by atoms with Gasteiger partial charge in [0.25, 0.3) is 11.8 Å². The van der Waals surface area contributed by atoms with Crippen LogP contribution in [0.4, 0.5) is 0 Å². The van der Waals surface area contributed by atoms with Crippen molar-refractivity contribution >= 4 is 66.6 Å². The minimum atomic E-state index is -1.33. The summed E-state index contributed by atoms with van der Waals surface area (Å²) in [7, 11) is 4.10. The Kier molecular flexibility index (Phi) is 3.17. The number of ketones is 2. The Morgan fingerprint density at radius 3 is 1.24 bits per heavy atom. The monoisotopic (exact) mass is 310 g/mol. The van der Waals surface area contributed by atoms with E-state index in [-0.39, 0.29) is 0 Å². The molecule has 92 valence electrons. The van der Waals surface area contributed by atoms with Crippen molar-refractivity contribution in [3.8, 4) is 0 Å². The lowest BCUT2D eigenvalue weighted by Gasteiger charge is -2.08. The molecule has 2 rings (SSSR count). The molecule has 2 aliphatic rings. The van der Waals surface area contributed by atoms with Crippen LogP contribution in [0.1, 0.15) is 6.42 Å². The molecule has 0 bridgehead atoms. The van der Waals surface area contributed by atoms with Crippen molar-refractivity contribution in [3.05, 3.63) is 0 Å². The van der Waals surface area contributed by atoms with E-state index in [1.165, 1.54) is 0 Å². The molecular formula is C7H6N2O4S4. The van der Waals surface area contributed by atoms with Gasteiger partial charge in [0.1, 0.15) is 0 Å². The number of hydrogen-bond acceptors (Lipinski definition) is 8. The van der Waals surface area contributed by atoms with E-state index >= 15 is 0 Å². The Balaban J connectivity index is 2.04. The Labute approximate surface area is 112 Å². The van der Waals surface area contributed by atoms with Crippen LogP contribution in [0.5, 0.6) is 0 Å². The maximum atomic E-state index is 11.7.